The molecule has 1 aliphatic heterocycles. The summed E-state index contributed by atoms with van der Waals surface area (Å²) in [6.45, 7) is 8.96. The highest BCUT2D eigenvalue weighted by Crippen LogP contribution is 2.47. The number of hydrogen-bond acceptors (Lipinski definition) is 1. The smallest absolute Gasteiger partial charge is 0.0455 e. The van der Waals surface area contributed by atoms with E-state index in [0.29, 0.717) is 0 Å². The fourth-order valence-electron chi connectivity index (χ4n) is 2.98. The van der Waals surface area contributed by atoms with E-state index >= 15 is 0 Å². The van der Waals surface area contributed by atoms with Gasteiger partial charge in [0.05, 0.1) is 0 Å². The van der Waals surface area contributed by atoms with E-state index in [0.717, 1.165) is 0 Å². The van der Waals surface area contributed by atoms with Crippen molar-refractivity contribution in [2.75, 3.05) is 5.32 Å². The molecular formula is C17H19N. The fourth-order valence-corrected chi connectivity index (χ4v) is 2.98. The lowest BCUT2D eigenvalue weighted by atomic mass is 9.73. The highest BCUT2D eigenvalue weighted by atomic mass is 14.9. The number of para-hydroxylation sites is 2. The summed E-state index contributed by atoms with van der Waals surface area (Å²) < 4.78 is 0. The average molecular weight is 237 g/mol. The second-order valence-corrected chi connectivity index (χ2v) is 5.74. The molecule has 92 valence electrons. The van der Waals surface area contributed by atoms with Crippen LogP contribution in [0.2, 0.25) is 0 Å². The molecule has 1 nitrogen and oxygen atoms in total. The lowest BCUT2D eigenvalue weighted by Gasteiger charge is -2.37. The fraction of sp³-hybridized carbons (Fsp3) is 0.294. The Morgan fingerprint density at radius 2 is 1.22 bits per heavy atom. The van der Waals surface area contributed by atoms with Crippen molar-refractivity contribution in [3.63, 3.8) is 0 Å². The summed E-state index contributed by atoms with van der Waals surface area (Å²) in [6, 6.07) is 13.1. The minimum Gasteiger partial charge on any atom is -0.355 e. The van der Waals surface area contributed by atoms with E-state index in [1.807, 2.05) is 0 Å². The van der Waals surface area contributed by atoms with E-state index in [-0.39, 0.29) is 5.41 Å². The zero-order chi connectivity index (χ0) is 12.9. The molecule has 3 rings (SSSR count). The maximum atomic E-state index is 3.63. The van der Waals surface area contributed by atoms with Gasteiger partial charge in [-0.3, -0.25) is 0 Å². The maximum absolute atomic E-state index is 3.63. The van der Waals surface area contributed by atoms with Gasteiger partial charge in [0.25, 0.3) is 0 Å². The van der Waals surface area contributed by atoms with Crippen LogP contribution in [-0.4, -0.2) is 0 Å². The Kier molecular flexibility index (Phi) is 2.28. The van der Waals surface area contributed by atoms with Crippen LogP contribution in [-0.2, 0) is 5.41 Å². The summed E-state index contributed by atoms with van der Waals surface area (Å²) in [7, 11) is 0. The molecule has 1 N–H and O–H groups in total. The number of aryl methyl sites for hydroxylation is 2. The predicted octanol–water partition coefficient (Wildman–Crippen LogP) is 4.69. The van der Waals surface area contributed by atoms with Gasteiger partial charge in [-0.25, -0.2) is 0 Å². The summed E-state index contributed by atoms with van der Waals surface area (Å²) in [5.41, 5.74) is 8.03. The van der Waals surface area contributed by atoms with Crippen molar-refractivity contribution in [1.29, 1.82) is 0 Å². The molecule has 0 spiro atoms. The van der Waals surface area contributed by atoms with Gasteiger partial charge in [-0.1, -0.05) is 50.2 Å². The third-order valence-corrected chi connectivity index (χ3v) is 4.14. The number of nitrogens with one attached hydrogen (secondary N) is 1. The molecule has 0 fully saturated rings. The van der Waals surface area contributed by atoms with Crippen molar-refractivity contribution >= 4 is 11.4 Å². The Balaban J connectivity index is 2.33. The standard InChI is InChI=1S/C17H19N/c1-11-7-5-9-13-15(11)18-16-12(2)8-6-10-14(16)17(13,3)4/h5-10,18H,1-4H3. The van der Waals surface area contributed by atoms with Crippen LogP contribution in [0.1, 0.15) is 36.1 Å². The van der Waals surface area contributed by atoms with Gasteiger partial charge in [0.15, 0.2) is 0 Å². The lowest BCUT2D eigenvalue weighted by molar-refractivity contribution is 0.636. The zero-order valence-corrected chi connectivity index (χ0v) is 11.5. The molecule has 1 heterocycles. The quantitative estimate of drug-likeness (QED) is 0.701. The topological polar surface area (TPSA) is 12.0 Å². The van der Waals surface area contributed by atoms with Gasteiger partial charge in [-0.05, 0) is 36.1 Å². The van der Waals surface area contributed by atoms with Crippen LogP contribution >= 0.6 is 0 Å². The van der Waals surface area contributed by atoms with Gasteiger partial charge in [-0.15, -0.1) is 0 Å². The average Bonchev–Trinajstić information content (AvgIpc) is 2.32. The Morgan fingerprint density at radius 3 is 1.67 bits per heavy atom. The van der Waals surface area contributed by atoms with E-state index in [1.165, 1.54) is 33.6 Å². The van der Waals surface area contributed by atoms with Gasteiger partial charge in [0.1, 0.15) is 0 Å². The number of rotatable bonds is 0. The first-order valence-electron chi connectivity index (χ1n) is 6.49. The van der Waals surface area contributed by atoms with Gasteiger partial charge >= 0.3 is 0 Å². The third kappa shape index (κ3) is 1.40. The normalized spacial score (nSPS) is 15.6. The first kappa shape index (κ1) is 11.3. The van der Waals surface area contributed by atoms with Gasteiger partial charge in [0, 0.05) is 16.8 Å². The number of fused-ring (bicyclic) bond motifs is 2. The largest absolute Gasteiger partial charge is 0.355 e. The summed E-state index contributed by atoms with van der Waals surface area (Å²) in [5.74, 6) is 0. The van der Waals surface area contributed by atoms with Gasteiger partial charge in [0.2, 0.25) is 0 Å². The molecule has 2 aromatic rings. The highest BCUT2D eigenvalue weighted by Gasteiger charge is 2.33. The Hall–Kier alpha value is -1.76. The third-order valence-electron chi connectivity index (χ3n) is 4.14. The number of hydrogen-bond donors (Lipinski definition) is 1. The van der Waals surface area contributed by atoms with Crippen LogP contribution in [0, 0.1) is 13.8 Å². The summed E-state index contributed by atoms with van der Waals surface area (Å²) in [5, 5.41) is 3.63. The molecule has 0 saturated carbocycles. The molecule has 0 aromatic heterocycles. The molecule has 0 radical (unpaired) electrons. The monoisotopic (exact) mass is 237 g/mol. The van der Waals surface area contributed by atoms with Crippen LogP contribution in [0.3, 0.4) is 0 Å². The highest BCUT2D eigenvalue weighted by molar-refractivity contribution is 5.79. The van der Waals surface area contributed by atoms with Crippen molar-refractivity contribution in [2.24, 2.45) is 0 Å². The molecular weight excluding hydrogens is 218 g/mol. The van der Waals surface area contributed by atoms with E-state index in [1.54, 1.807) is 0 Å². The molecule has 2 aromatic carbocycles. The van der Waals surface area contributed by atoms with Crippen molar-refractivity contribution in [2.45, 2.75) is 33.1 Å². The van der Waals surface area contributed by atoms with E-state index in [4.69, 9.17) is 0 Å². The summed E-state index contributed by atoms with van der Waals surface area (Å²) >= 11 is 0. The number of benzene rings is 2. The first-order chi connectivity index (χ1) is 8.51. The van der Waals surface area contributed by atoms with Crippen LogP contribution in [0.5, 0.6) is 0 Å². The predicted molar refractivity (Wildman–Crippen MR) is 77.8 cm³/mol. The van der Waals surface area contributed by atoms with Crippen molar-refractivity contribution < 1.29 is 0 Å². The number of anilines is 2. The Morgan fingerprint density at radius 1 is 0.778 bits per heavy atom. The zero-order valence-electron chi connectivity index (χ0n) is 11.5. The van der Waals surface area contributed by atoms with Crippen LogP contribution in [0.15, 0.2) is 36.4 Å². The van der Waals surface area contributed by atoms with Crippen molar-refractivity contribution in [3.8, 4) is 0 Å². The van der Waals surface area contributed by atoms with Gasteiger partial charge in [-0.2, -0.15) is 0 Å². The van der Waals surface area contributed by atoms with Gasteiger partial charge < -0.3 is 5.32 Å². The molecule has 0 saturated heterocycles. The molecule has 0 aliphatic carbocycles. The molecule has 1 aliphatic rings. The van der Waals surface area contributed by atoms with Crippen molar-refractivity contribution in [1.82, 2.24) is 0 Å². The van der Waals surface area contributed by atoms with Crippen molar-refractivity contribution in [3.05, 3.63) is 58.7 Å². The molecule has 0 amide bonds. The Labute approximate surface area is 109 Å². The molecule has 1 heteroatoms. The Bertz CT molecular complexity index is 570. The second kappa shape index (κ2) is 3.61. The van der Waals surface area contributed by atoms with Crippen LogP contribution < -0.4 is 5.32 Å². The second-order valence-electron chi connectivity index (χ2n) is 5.74. The molecule has 0 bridgehead atoms. The van der Waals surface area contributed by atoms with E-state index < -0.39 is 0 Å². The SMILES string of the molecule is Cc1cccc2c1Nc1c(C)cccc1C2(C)C. The minimum absolute atomic E-state index is 0.0634. The summed E-state index contributed by atoms with van der Waals surface area (Å²) in [6.07, 6.45) is 0. The van der Waals surface area contributed by atoms with E-state index in [9.17, 15) is 0 Å². The molecule has 0 unspecified atom stereocenters. The molecule has 0 atom stereocenters. The minimum atomic E-state index is 0.0634. The first-order valence-corrected chi connectivity index (χ1v) is 6.49. The lowest BCUT2D eigenvalue weighted by Crippen LogP contribution is -2.26. The van der Waals surface area contributed by atoms with Crippen LogP contribution in [0.4, 0.5) is 11.4 Å². The molecule has 18 heavy (non-hydrogen) atoms. The van der Waals surface area contributed by atoms with E-state index in [2.05, 4.69) is 69.4 Å². The maximum Gasteiger partial charge on any atom is 0.0455 e. The summed E-state index contributed by atoms with van der Waals surface area (Å²) in [4.78, 5) is 0. The van der Waals surface area contributed by atoms with Crippen LogP contribution in [0.25, 0.3) is 0 Å².